The molecule has 0 aliphatic rings. The van der Waals surface area contributed by atoms with Crippen molar-refractivity contribution >= 4 is 11.9 Å². The van der Waals surface area contributed by atoms with Gasteiger partial charge in [0.15, 0.2) is 11.6 Å². The Hall–Kier alpha value is -2.57. The summed E-state index contributed by atoms with van der Waals surface area (Å²) in [5.41, 5.74) is 6.02. The lowest BCUT2D eigenvalue weighted by Crippen LogP contribution is -2.04. The highest BCUT2D eigenvalue weighted by Gasteiger charge is 2.23. The molecule has 1 aromatic heterocycles. The quantitative estimate of drug-likeness (QED) is 0.853. The molecule has 2 rings (SSSR count). The molecule has 0 amide bonds. The van der Waals surface area contributed by atoms with Gasteiger partial charge >= 0.3 is 5.97 Å². The fourth-order valence-electron chi connectivity index (χ4n) is 1.64. The van der Waals surface area contributed by atoms with Crippen LogP contribution in [-0.4, -0.2) is 25.3 Å². The van der Waals surface area contributed by atoms with Crippen LogP contribution in [0.4, 0.5) is 10.3 Å². The predicted octanol–water partition coefficient (Wildman–Crippen LogP) is 1.86. The first-order valence-corrected chi connectivity index (χ1v) is 5.25. The number of esters is 1. The Morgan fingerprint density at radius 2 is 2.16 bits per heavy atom. The fourth-order valence-corrected chi connectivity index (χ4v) is 1.64. The minimum absolute atomic E-state index is 0.0818. The summed E-state index contributed by atoms with van der Waals surface area (Å²) in [6.45, 7) is 0. The first-order chi connectivity index (χ1) is 9.08. The second-order valence-electron chi connectivity index (χ2n) is 3.61. The molecule has 0 aliphatic heterocycles. The zero-order valence-corrected chi connectivity index (χ0v) is 10.3. The van der Waals surface area contributed by atoms with Gasteiger partial charge in [0.2, 0.25) is 11.6 Å². The summed E-state index contributed by atoms with van der Waals surface area (Å²) < 4.78 is 27.8. The van der Waals surface area contributed by atoms with Gasteiger partial charge in [0.1, 0.15) is 0 Å². The van der Waals surface area contributed by atoms with E-state index in [1.165, 1.54) is 32.4 Å². The molecule has 0 spiro atoms. The number of hydrogen-bond donors (Lipinski definition) is 1. The van der Waals surface area contributed by atoms with E-state index in [0.29, 0.717) is 5.56 Å². The molecule has 0 radical (unpaired) electrons. The third kappa shape index (κ3) is 2.22. The summed E-state index contributed by atoms with van der Waals surface area (Å²) in [4.78, 5) is 11.5. The van der Waals surface area contributed by atoms with Crippen LogP contribution in [0.5, 0.6) is 5.75 Å². The Labute approximate surface area is 107 Å². The summed E-state index contributed by atoms with van der Waals surface area (Å²) in [7, 11) is 2.55. The SMILES string of the molecule is COC(=O)c1noc(N)c1-c1ccc(OC)c(F)c1. The Bertz CT molecular complexity index is 624. The van der Waals surface area contributed by atoms with Crippen LogP contribution in [-0.2, 0) is 4.74 Å². The van der Waals surface area contributed by atoms with Crippen LogP contribution >= 0.6 is 0 Å². The molecule has 19 heavy (non-hydrogen) atoms. The van der Waals surface area contributed by atoms with E-state index in [1.807, 2.05) is 0 Å². The number of hydrogen-bond acceptors (Lipinski definition) is 6. The number of nitrogens with zero attached hydrogens (tertiary/aromatic N) is 1. The molecule has 2 N–H and O–H groups in total. The van der Waals surface area contributed by atoms with Crippen molar-refractivity contribution in [3.8, 4) is 16.9 Å². The Balaban J connectivity index is 2.55. The zero-order chi connectivity index (χ0) is 14.0. The number of nitrogens with two attached hydrogens (primary N) is 1. The van der Waals surface area contributed by atoms with Crippen molar-refractivity contribution in [3.63, 3.8) is 0 Å². The standard InChI is InChI=1S/C12H11FN2O4/c1-17-8-4-3-6(5-7(8)13)9-10(12(16)18-2)15-19-11(9)14/h3-5H,14H2,1-2H3. The van der Waals surface area contributed by atoms with Crippen molar-refractivity contribution < 1.29 is 23.2 Å². The first kappa shape index (κ1) is 12.9. The van der Waals surface area contributed by atoms with Crippen LogP contribution in [0.25, 0.3) is 11.1 Å². The van der Waals surface area contributed by atoms with Gasteiger partial charge in [0, 0.05) is 0 Å². The number of anilines is 1. The lowest BCUT2D eigenvalue weighted by atomic mass is 10.1. The maximum Gasteiger partial charge on any atom is 0.361 e. The van der Waals surface area contributed by atoms with Crippen LogP contribution in [0.1, 0.15) is 10.5 Å². The van der Waals surface area contributed by atoms with Crippen LogP contribution in [0.2, 0.25) is 0 Å². The van der Waals surface area contributed by atoms with Gasteiger partial charge in [-0.05, 0) is 17.7 Å². The van der Waals surface area contributed by atoms with Gasteiger partial charge in [0.25, 0.3) is 0 Å². The van der Waals surface area contributed by atoms with Crippen molar-refractivity contribution in [2.45, 2.75) is 0 Å². The van der Waals surface area contributed by atoms with Gasteiger partial charge in [-0.2, -0.15) is 0 Å². The van der Waals surface area contributed by atoms with Gasteiger partial charge in [0.05, 0.1) is 19.8 Å². The number of rotatable bonds is 3. The maximum absolute atomic E-state index is 13.7. The molecule has 0 aliphatic carbocycles. The van der Waals surface area contributed by atoms with E-state index in [4.69, 9.17) is 15.0 Å². The number of ether oxygens (including phenoxy) is 2. The third-order valence-corrected chi connectivity index (χ3v) is 2.54. The van der Waals surface area contributed by atoms with Crippen LogP contribution < -0.4 is 10.5 Å². The molecular weight excluding hydrogens is 255 g/mol. The maximum atomic E-state index is 13.7. The van der Waals surface area contributed by atoms with Crippen LogP contribution in [0, 0.1) is 5.82 Å². The number of aromatic nitrogens is 1. The van der Waals surface area contributed by atoms with Crippen molar-refractivity contribution in [3.05, 3.63) is 29.7 Å². The van der Waals surface area contributed by atoms with Crippen molar-refractivity contribution in [2.24, 2.45) is 0 Å². The van der Waals surface area contributed by atoms with Crippen LogP contribution in [0.15, 0.2) is 22.7 Å². The van der Waals surface area contributed by atoms with Gasteiger partial charge < -0.3 is 19.7 Å². The van der Waals surface area contributed by atoms with Gasteiger partial charge in [-0.25, -0.2) is 9.18 Å². The molecule has 7 heteroatoms. The van der Waals surface area contributed by atoms with E-state index in [2.05, 4.69) is 9.89 Å². The van der Waals surface area contributed by atoms with Gasteiger partial charge in [-0.1, -0.05) is 11.2 Å². The molecule has 0 unspecified atom stereocenters. The average Bonchev–Trinajstić information content (AvgIpc) is 2.79. The van der Waals surface area contributed by atoms with E-state index in [9.17, 15) is 9.18 Å². The number of halogens is 1. The number of carbonyl (C=O) groups excluding carboxylic acids is 1. The average molecular weight is 266 g/mol. The molecule has 1 aromatic carbocycles. The number of carbonyl (C=O) groups is 1. The molecule has 100 valence electrons. The van der Waals surface area contributed by atoms with Crippen molar-refractivity contribution in [2.75, 3.05) is 20.0 Å². The second-order valence-corrected chi connectivity index (χ2v) is 3.61. The van der Waals surface area contributed by atoms with Crippen molar-refractivity contribution in [1.29, 1.82) is 0 Å². The zero-order valence-electron chi connectivity index (χ0n) is 10.3. The monoisotopic (exact) mass is 266 g/mol. The normalized spacial score (nSPS) is 10.3. The number of nitrogen functional groups attached to an aromatic ring is 1. The second kappa shape index (κ2) is 4.97. The highest BCUT2D eigenvalue weighted by atomic mass is 19.1. The first-order valence-electron chi connectivity index (χ1n) is 5.25. The summed E-state index contributed by atoms with van der Waals surface area (Å²) in [6.07, 6.45) is 0. The molecule has 1 heterocycles. The molecule has 0 saturated heterocycles. The molecule has 0 atom stereocenters. The molecular formula is C12H11FN2O4. The molecule has 2 aromatic rings. The molecule has 0 saturated carbocycles. The fraction of sp³-hybridized carbons (Fsp3) is 0.167. The Kier molecular flexibility index (Phi) is 3.37. The number of benzene rings is 1. The van der Waals surface area contributed by atoms with E-state index < -0.39 is 11.8 Å². The predicted molar refractivity (Wildman–Crippen MR) is 64.2 cm³/mol. The van der Waals surface area contributed by atoms with E-state index >= 15 is 0 Å². The van der Waals surface area contributed by atoms with E-state index in [-0.39, 0.29) is 22.9 Å². The lowest BCUT2D eigenvalue weighted by molar-refractivity contribution is 0.0590. The summed E-state index contributed by atoms with van der Waals surface area (Å²) in [5.74, 6) is -1.31. The minimum atomic E-state index is -0.716. The Morgan fingerprint density at radius 1 is 1.42 bits per heavy atom. The topological polar surface area (TPSA) is 87.6 Å². The van der Waals surface area contributed by atoms with Gasteiger partial charge in [-0.15, -0.1) is 0 Å². The van der Waals surface area contributed by atoms with Crippen LogP contribution in [0.3, 0.4) is 0 Å². The molecule has 6 nitrogen and oxygen atoms in total. The summed E-state index contributed by atoms with van der Waals surface area (Å²) in [6, 6.07) is 4.13. The third-order valence-electron chi connectivity index (χ3n) is 2.54. The highest BCUT2D eigenvalue weighted by molar-refractivity contribution is 5.97. The van der Waals surface area contributed by atoms with E-state index in [0.717, 1.165) is 0 Å². The van der Waals surface area contributed by atoms with E-state index in [1.54, 1.807) is 0 Å². The van der Waals surface area contributed by atoms with Crippen molar-refractivity contribution in [1.82, 2.24) is 5.16 Å². The smallest absolute Gasteiger partial charge is 0.361 e. The van der Waals surface area contributed by atoms with Gasteiger partial charge in [-0.3, -0.25) is 0 Å². The number of methoxy groups -OCH3 is 2. The molecule has 0 fully saturated rings. The molecule has 0 bridgehead atoms. The summed E-state index contributed by atoms with van der Waals surface area (Å²) >= 11 is 0. The Morgan fingerprint density at radius 3 is 2.74 bits per heavy atom. The largest absolute Gasteiger partial charge is 0.494 e. The minimum Gasteiger partial charge on any atom is -0.494 e. The lowest BCUT2D eigenvalue weighted by Gasteiger charge is -2.05. The summed E-state index contributed by atoms with van der Waals surface area (Å²) in [5, 5.41) is 3.51. The highest BCUT2D eigenvalue weighted by Crippen LogP contribution is 2.32.